The summed E-state index contributed by atoms with van der Waals surface area (Å²) in [5.74, 6) is -1.41. The number of hydrogen-bond donors (Lipinski definition) is 2. The summed E-state index contributed by atoms with van der Waals surface area (Å²) in [5.41, 5.74) is 1.62. The van der Waals surface area contributed by atoms with E-state index >= 15 is 0 Å². The van der Waals surface area contributed by atoms with Crippen molar-refractivity contribution in [2.45, 2.75) is 53.4 Å². The Morgan fingerprint density at radius 2 is 1.74 bits per heavy atom. The third-order valence-electron chi connectivity index (χ3n) is 3.99. The van der Waals surface area contributed by atoms with Gasteiger partial charge in [-0.05, 0) is 39.2 Å². The van der Waals surface area contributed by atoms with Gasteiger partial charge in [0.25, 0.3) is 0 Å². The van der Waals surface area contributed by atoms with Crippen LogP contribution in [-0.4, -0.2) is 48.4 Å². The predicted molar refractivity (Wildman–Crippen MR) is 98.7 cm³/mol. The molecule has 1 amide bonds. The number of esters is 2. The maximum Gasteiger partial charge on any atom is 0.340 e. The van der Waals surface area contributed by atoms with Gasteiger partial charge < -0.3 is 19.8 Å². The summed E-state index contributed by atoms with van der Waals surface area (Å²) < 4.78 is 10.0. The molecule has 1 rings (SSSR count). The molecule has 0 aliphatic carbocycles. The fraction of sp³-hybridized carbons (Fsp3) is 0.579. The number of hydrogen-bond acceptors (Lipinski definition) is 6. The number of H-pyrrole nitrogens is 1. The Hall–Kier alpha value is -2.64. The van der Waals surface area contributed by atoms with Crippen molar-refractivity contribution in [1.82, 2.24) is 10.3 Å². The molecule has 0 bridgehead atoms. The topological polar surface area (TPSA) is 115 Å². The summed E-state index contributed by atoms with van der Waals surface area (Å²) in [5, 5.41) is 2.68. The van der Waals surface area contributed by atoms with Crippen LogP contribution in [0, 0.1) is 13.8 Å². The second-order valence-electron chi connectivity index (χ2n) is 6.22. The molecule has 1 heterocycles. The van der Waals surface area contributed by atoms with Gasteiger partial charge in [0.15, 0.2) is 6.61 Å². The van der Waals surface area contributed by atoms with Gasteiger partial charge in [-0.1, -0.05) is 6.42 Å². The first-order chi connectivity index (χ1) is 12.8. The summed E-state index contributed by atoms with van der Waals surface area (Å²) in [6, 6.07) is 0. The van der Waals surface area contributed by atoms with Crippen molar-refractivity contribution in [3.05, 3.63) is 22.5 Å². The first kappa shape index (κ1) is 22.4. The van der Waals surface area contributed by atoms with Gasteiger partial charge in [-0.15, -0.1) is 0 Å². The smallest absolute Gasteiger partial charge is 0.340 e. The second kappa shape index (κ2) is 11.2. The Kier molecular flexibility index (Phi) is 9.25. The minimum absolute atomic E-state index is 0.0751. The number of Topliss-reactive ketones (excluding diaryl/α,β-unsaturated/α-hetero) is 1. The van der Waals surface area contributed by atoms with Gasteiger partial charge in [-0.2, -0.15) is 0 Å². The number of ketones is 1. The summed E-state index contributed by atoms with van der Waals surface area (Å²) in [7, 11) is 0. The molecule has 1 aromatic rings. The first-order valence-electron chi connectivity index (χ1n) is 9.07. The van der Waals surface area contributed by atoms with Crippen LogP contribution in [0.1, 0.15) is 71.6 Å². The molecular weight excluding hydrogens is 352 g/mol. The molecule has 0 spiro atoms. The predicted octanol–water partition coefficient (Wildman–Crippen LogP) is 2.23. The lowest BCUT2D eigenvalue weighted by Gasteiger charge is -2.05. The highest BCUT2D eigenvalue weighted by Crippen LogP contribution is 2.19. The van der Waals surface area contributed by atoms with Crippen molar-refractivity contribution >= 4 is 23.6 Å². The molecule has 1 aromatic heterocycles. The molecule has 0 unspecified atom stereocenters. The SMILES string of the molecule is CCOC(=O)c1c(C)[nH]c(C(=O)COC(=O)CCCCCNC(C)=O)c1C. The Morgan fingerprint density at radius 3 is 2.37 bits per heavy atom. The minimum atomic E-state index is -0.487. The normalized spacial score (nSPS) is 10.4. The van der Waals surface area contributed by atoms with E-state index < -0.39 is 17.7 Å². The number of ether oxygens (including phenoxy) is 2. The van der Waals surface area contributed by atoms with Gasteiger partial charge in [0.1, 0.15) is 0 Å². The van der Waals surface area contributed by atoms with Crippen molar-refractivity contribution in [3.63, 3.8) is 0 Å². The van der Waals surface area contributed by atoms with Crippen LogP contribution in [0.2, 0.25) is 0 Å². The van der Waals surface area contributed by atoms with E-state index in [-0.39, 0.29) is 31.2 Å². The molecule has 8 nitrogen and oxygen atoms in total. The Balaban J connectivity index is 2.44. The van der Waals surface area contributed by atoms with Crippen LogP contribution in [0.4, 0.5) is 0 Å². The van der Waals surface area contributed by atoms with E-state index in [4.69, 9.17) is 9.47 Å². The molecule has 0 aliphatic heterocycles. The van der Waals surface area contributed by atoms with Gasteiger partial charge in [0, 0.05) is 25.6 Å². The molecule has 0 aliphatic rings. The molecule has 0 saturated heterocycles. The van der Waals surface area contributed by atoms with E-state index in [2.05, 4.69) is 10.3 Å². The fourth-order valence-electron chi connectivity index (χ4n) is 2.66. The number of unbranched alkanes of at least 4 members (excludes halogenated alkanes) is 2. The van der Waals surface area contributed by atoms with Crippen molar-refractivity contribution in [3.8, 4) is 0 Å². The fourth-order valence-corrected chi connectivity index (χ4v) is 2.66. The van der Waals surface area contributed by atoms with Gasteiger partial charge in [-0.25, -0.2) is 4.79 Å². The summed E-state index contributed by atoms with van der Waals surface area (Å²) in [6.07, 6.45) is 2.40. The number of carbonyl (C=O) groups is 4. The standard InChI is InChI=1S/C19H28N2O6/c1-5-26-19(25)17-12(2)18(21-13(17)3)15(23)11-27-16(24)9-7-6-8-10-20-14(4)22/h21H,5-11H2,1-4H3,(H,20,22). The number of nitrogens with one attached hydrogen (secondary N) is 2. The lowest BCUT2D eigenvalue weighted by molar-refractivity contribution is -0.142. The lowest BCUT2D eigenvalue weighted by atomic mass is 10.1. The molecule has 27 heavy (non-hydrogen) atoms. The average Bonchev–Trinajstić information content (AvgIpc) is 2.90. The van der Waals surface area contributed by atoms with Crippen molar-refractivity contribution < 1.29 is 28.7 Å². The molecular formula is C19H28N2O6. The highest BCUT2D eigenvalue weighted by atomic mass is 16.5. The third-order valence-corrected chi connectivity index (χ3v) is 3.99. The highest BCUT2D eigenvalue weighted by Gasteiger charge is 2.23. The van der Waals surface area contributed by atoms with Gasteiger partial charge in [0.2, 0.25) is 11.7 Å². The molecule has 0 saturated carbocycles. The van der Waals surface area contributed by atoms with E-state index in [0.717, 1.165) is 12.8 Å². The van der Waals surface area contributed by atoms with E-state index in [9.17, 15) is 19.2 Å². The van der Waals surface area contributed by atoms with Crippen LogP contribution >= 0.6 is 0 Å². The zero-order valence-electron chi connectivity index (χ0n) is 16.4. The number of carbonyl (C=O) groups excluding carboxylic acids is 4. The maximum atomic E-state index is 12.3. The van der Waals surface area contributed by atoms with Gasteiger partial charge >= 0.3 is 11.9 Å². The highest BCUT2D eigenvalue weighted by molar-refractivity contribution is 6.02. The van der Waals surface area contributed by atoms with E-state index in [1.165, 1.54) is 6.92 Å². The Bertz CT molecular complexity index is 693. The summed E-state index contributed by atoms with van der Waals surface area (Å²) in [6.45, 7) is 6.94. The first-order valence-corrected chi connectivity index (χ1v) is 9.07. The number of amides is 1. The van der Waals surface area contributed by atoms with Crippen LogP contribution < -0.4 is 5.32 Å². The molecule has 8 heteroatoms. The number of rotatable bonds is 11. The lowest BCUT2D eigenvalue weighted by Crippen LogP contribution is -2.20. The maximum absolute atomic E-state index is 12.3. The molecule has 2 N–H and O–H groups in total. The Labute approximate surface area is 159 Å². The molecule has 150 valence electrons. The van der Waals surface area contributed by atoms with E-state index in [1.807, 2.05) is 0 Å². The molecule has 0 atom stereocenters. The number of aromatic nitrogens is 1. The van der Waals surface area contributed by atoms with E-state index in [1.54, 1.807) is 20.8 Å². The second-order valence-corrected chi connectivity index (χ2v) is 6.22. The number of aryl methyl sites for hydroxylation is 1. The monoisotopic (exact) mass is 380 g/mol. The zero-order valence-corrected chi connectivity index (χ0v) is 16.4. The van der Waals surface area contributed by atoms with Crippen molar-refractivity contribution in [1.29, 1.82) is 0 Å². The van der Waals surface area contributed by atoms with Crippen LogP contribution in [0.15, 0.2) is 0 Å². The van der Waals surface area contributed by atoms with Crippen LogP contribution in [0.25, 0.3) is 0 Å². The summed E-state index contributed by atoms with van der Waals surface area (Å²) >= 11 is 0. The van der Waals surface area contributed by atoms with E-state index in [0.29, 0.717) is 29.8 Å². The average molecular weight is 380 g/mol. The molecule has 0 fully saturated rings. The largest absolute Gasteiger partial charge is 0.462 e. The van der Waals surface area contributed by atoms with Crippen molar-refractivity contribution in [2.24, 2.45) is 0 Å². The molecule has 0 radical (unpaired) electrons. The molecule has 0 aromatic carbocycles. The number of aromatic amines is 1. The van der Waals surface area contributed by atoms with Gasteiger partial charge in [-0.3, -0.25) is 14.4 Å². The third kappa shape index (κ3) is 7.24. The van der Waals surface area contributed by atoms with Crippen LogP contribution in [0.5, 0.6) is 0 Å². The van der Waals surface area contributed by atoms with Gasteiger partial charge in [0.05, 0.1) is 17.9 Å². The minimum Gasteiger partial charge on any atom is -0.462 e. The zero-order chi connectivity index (χ0) is 20.4. The van der Waals surface area contributed by atoms with Crippen molar-refractivity contribution in [2.75, 3.05) is 19.8 Å². The van der Waals surface area contributed by atoms with Crippen LogP contribution in [0.3, 0.4) is 0 Å². The Morgan fingerprint density at radius 1 is 1.04 bits per heavy atom. The quantitative estimate of drug-likeness (QED) is 0.346. The van der Waals surface area contributed by atoms with Crippen LogP contribution in [-0.2, 0) is 19.1 Å². The summed E-state index contributed by atoms with van der Waals surface area (Å²) in [4.78, 5) is 49.6.